The van der Waals surface area contributed by atoms with Crippen molar-refractivity contribution in [3.8, 4) is 11.5 Å². The van der Waals surface area contributed by atoms with Crippen LogP contribution in [-0.4, -0.2) is 31.6 Å². The predicted molar refractivity (Wildman–Crippen MR) is 110 cm³/mol. The Morgan fingerprint density at radius 2 is 1.82 bits per heavy atom. The topological polar surface area (TPSA) is 76.7 Å². The molecule has 2 N–H and O–H groups in total. The summed E-state index contributed by atoms with van der Waals surface area (Å²) in [6, 6.07) is 11.1. The van der Waals surface area contributed by atoms with Gasteiger partial charge in [0.15, 0.2) is 11.5 Å². The highest BCUT2D eigenvalue weighted by Crippen LogP contribution is 2.30. The summed E-state index contributed by atoms with van der Waals surface area (Å²) in [4.78, 5) is 25.3. The fraction of sp³-hybridized carbons (Fsp3) is 0.333. The Balaban J connectivity index is 2.15. The summed E-state index contributed by atoms with van der Waals surface area (Å²) >= 11 is 6.08. The van der Waals surface area contributed by atoms with E-state index in [1.807, 2.05) is 20.8 Å². The largest absolute Gasteiger partial charge is 0.493 e. The lowest BCUT2D eigenvalue weighted by Crippen LogP contribution is -2.47. The van der Waals surface area contributed by atoms with Crippen molar-refractivity contribution < 1.29 is 19.1 Å². The first-order valence-electron chi connectivity index (χ1n) is 9.04. The molecular weight excluding hydrogens is 380 g/mol. The zero-order chi connectivity index (χ0) is 20.7. The lowest BCUT2D eigenvalue weighted by molar-refractivity contribution is -0.118. The van der Waals surface area contributed by atoms with E-state index in [-0.39, 0.29) is 11.8 Å². The Kier molecular flexibility index (Phi) is 7.70. The molecule has 0 aromatic heterocycles. The van der Waals surface area contributed by atoms with Gasteiger partial charge < -0.3 is 20.1 Å². The van der Waals surface area contributed by atoms with Gasteiger partial charge in [0.25, 0.3) is 5.91 Å². The molecule has 0 aliphatic heterocycles. The van der Waals surface area contributed by atoms with Crippen LogP contribution in [0.25, 0.3) is 0 Å². The molecule has 0 unspecified atom stereocenters. The summed E-state index contributed by atoms with van der Waals surface area (Å²) in [5.74, 6) is 0.248. The number of methoxy groups -OCH3 is 1. The molecule has 0 saturated carbocycles. The highest BCUT2D eigenvalue weighted by Gasteiger charge is 2.25. The van der Waals surface area contributed by atoms with Crippen LogP contribution in [0.3, 0.4) is 0 Å². The SMILES string of the molecule is CCOc1ccc(NC(=O)[C@@H](NC(=O)c2ccccc2Cl)C(C)C)cc1OC. The first-order chi connectivity index (χ1) is 13.4. The minimum atomic E-state index is -0.735. The van der Waals surface area contributed by atoms with Crippen molar-refractivity contribution in [3.05, 3.63) is 53.1 Å². The maximum Gasteiger partial charge on any atom is 0.253 e. The molecule has 150 valence electrons. The number of anilines is 1. The normalized spacial score (nSPS) is 11.6. The van der Waals surface area contributed by atoms with Crippen LogP contribution in [0, 0.1) is 5.92 Å². The van der Waals surface area contributed by atoms with E-state index in [1.165, 1.54) is 7.11 Å². The van der Waals surface area contributed by atoms with Gasteiger partial charge >= 0.3 is 0 Å². The second kappa shape index (κ2) is 9.99. The molecule has 6 nitrogen and oxygen atoms in total. The number of ether oxygens (including phenoxy) is 2. The van der Waals surface area contributed by atoms with E-state index in [0.717, 1.165) is 0 Å². The Hall–Kier alpha value is -2.73. The lowest BCUT2D eigenvalue weighted by atomic mass is 10.0. The zero-order valence-electron chi connectivity index (χ0n) is 16.4. The van der Waals surface area contributed by atoms with Crippen LogP contribution < -0.4 is 20.1 Å². The van der Waals surface area contributed by atoms with Crippen molar-refractivity contribution in [3.63, 3.8) is 0 Å². The van der Waals surface area contributed by atoms with Gasteiger partial charge in [-0.25, -0.2) is 0 Å². The number of benzene rings is 2. The van der Waals surface area contributed by atoms with E-state index in [1.54, 1.807) is 42.5 Å². The number of nitrogens with one attached hydrogen (secondary N) is 2. The van der Waals surface area contributed by atoms with Crippen LogP contribution >= 0.6 is 11.6 Å². The van der Waals surface area contributed by atoms with Gasteiger partial charge in [-0.05, 0) is 37.1 Å². The highest BCUT2D eigenvalue weighted by atomic mass is 35.5. The molecule has 0 aliphatic carbocycles. The maximum atomic E-state index is 12.8. The summed E-state index contributed by atoms with van der Waals surface area (Å²) in [6.45, 7) is 6.10. The predicted octanol–water partition coefficient (Wildman–Crippen LogP) is 4.14. The van der Waals surface area contributed by atoms with Crippen LogP contribution in [0.1, 0.15) is 31.1 Å². The van der Waals surface area contributed by atoms with E-state index >= 15 is 0 Å². The Bertz CT molecular complexity index is 839. The molecule has 2 amide bonds. The standard InChI is InChI=1S/C21H25ClN2O4/c1-5-28-17-11-10-14(12-18(17)27-4)23-21(26)19(13(2)3)24-20(25)15-8-6-7-9-16(15)22/h6-13,19H,5H2,1-4H3,(H,23,26)(H,24,25)/t19-/m0/s1. The summed E-state index contributed by atoms with van der Waals surface area (Å²) in [6.07, 6.45) is 0. The molecular formula is C21H25ClN2O4. The number of hydrogen-bond acceptors (Lipinski definition) is 4. The summed E-state index contributed by atoms with van der Waals surface area (Å²) in [7, 11) is 1.53. The molecule has 0 bridgehead atoms. The van der Waals surface area contributed by atoms with Gasteiger partial charge in [-0.15, -0.1) is 0 Å². The molecule has 2 aromatic rings. The number of halogens is 1. The van der Waals surface area contributed by atoms with Gasteiger partial charge in [0.2, 0.25) is 5.91 Å². The van der Waals surface area contributed by atoms with Gasteiger partial charge in [0.1, 0.15) is 6.04 Å². The third kappa shape index (κ3) is 5.39. The smallest absolute Gasteiger partial charge is 0.253 e. The first-order valence-corrected chi connectivity index (χ1v) is 9.42. The maximum absolute atomic E-state index is 12.8. The van der Waals surface area contributed by atoms with Crippen molar-refractivity contribution in [1.29, 1.82) is 0 Å². The number of amides is 2. The second-order valence-electron chi connectivity index (χ2n) is 6.46. The fourth-order valence-corrected chi connectivity index (χ4v) is 2.86. The Morgan fingerprint density at radius 3 is 2.43 bits per heavy atom. The Morgan fingerprint density at radius 1 is 1.11 bits per heavy atom. The van der Waals surface area contributed by atoms with E-state index in [2.05, 4.69) is 10.6 Å². The van der Waals surface area contributed by atoms with Crippen molar-refractivity contribution in [2.75, 3.05) is 19.0 Å². The quantitative estimate of drug-likeness (QED) is 0.693. The minimum Gasteiger partial charge on any atom is -0.493 e. The number of carbonyl (C=O) groups excluding carboxylic acids is 2. The highest BCUT2D eigenvalue weighted by molar-refractivity contribution is 6.33. The van der Waals surface area contributed by atoms with Gasteiger partial charge in [0, 0.05) is 11.8 Å². The van der Waals surface area contributed by atoms with Crippen molar-refractivity contribution >= 4 is 29.1 Å². The van der Waals surface area contributed by atoms with E-state index < -0.39 is 11.9 Å². The average molecular weight is 405 g/mol. The first kappa shape index (κ1) is 21.6. The summed E-state index contributed by atoms with van der Waals surface area (Å²) in [5, 5.41) is 5.91. The van der Waals surface area contributed by atoms with Crippen molar-refractivity contribution in [2.45, 2.75) is 26.8 Å². The van der Waals surface area contributed by atoms with Gasteiger partial charge in [-0.2, -0.15) is 0 Å². The molecule has 0 saturated heterocycles. The number of carbonyl (C=O) groups is 2. The Labute approximate surface area is 170 Å². The molecule has 7 heteroatoms. The van der Waals surface area contributed by atoms with Crippen LogP contribution in [0.15, 0.2) is 42.5 Å². The monoisotopic (exact) mass is 404 g/mol. The van der Waals surface area contributed by atoms with Crippen LogP contribution in [0.2, 0.25) is 5.02 Å². The molecule has 0 radical (unpaired) electrons. The molecule has 1 atom stereocenters. The van der Waals surface area contributed by atoms with Crippen LogP contribution in [0.5, 0.6) is 11.5 Å². The summed E-state index contributed by atoms with van der Waals surface area (Å²) < 4.78 is 10.8. The van der Waals surface area contributed by atoms with Crippen molar-refractivity contribution in [1.82, 2.24) is 5.32 Å². The minimum absolute atomic E-state index is 0.129. The van der Waals surface area contributed by atoms with Gasteiger partial charge in [-0.3, -0.25) is 9.59 Å². The van der Waals surface area contributed by atoms with E-state index in [0.29, 0.717) is 34.4 Å². The van der Waals surface area contributed by atoms with Crippen LogP contribution in [-0.2, 0) is 4.79 Å². The van der Waals surface area contributed by atoms with E-state index in [4.69, 9.17) is 21.1 Å². The number of rotatable bonds is 8. The van der Waals surface area contributed by atoms with Gasteiger partial charge in [-0.1, -0.05) is 37.6 Å². The lowest BCUT2D eigenvalue weighted by Gasteiger charge is -2.22. The summed E-state index contributed by atoms with van der Waals surface area (Å²) in [5.41, 5.74) is 0.869. The van der Waals surface area contributed by atoms with Gasteiger partial charge in [0.05, 0.1) is 24.3 Å². The fourth-order valence-electron chi connectivity index (χ4n) is 2.64. The molecule has 2 rings (SSSR count). The second-order valence-corrected chi connectivity index (χ2v) is 6.87. The third-order valence-corrected chi connectivity index (χ3v) is 4.41. The molecule has 0 heterocycles. The van der Waals surface area contributed by atoms with Crippen molar-refractivity contribution in [2.24, 2.45) is 5.92 Å². The molecule has 0 spiro atoms. The number of hydrogen-bond donors (Lipinski definition) is 2. The van der Waals surface area contributed by atoms with Crippen LogP contribution in [0.4, 0.5) is 5.69 Å². The zero-order valence-corrected chi connectivity index (χ0v) is 17.2. The van der Waals surface area contributed by atoms with E-state index in [9.17, 15) is 9.59 Å². The average Bonchev–Trinajstić information content (AvgIpc) is 2.67. The molecule has 0 aliphatic rings. The molecule has 28 heavy (non-hydrogen) atoms. The third-order valence-electron chi connectivity index (χ3n) is 4.09. The molecule has 2 aromatic carbocycles. The molecule has 0 fully saturated rings.